The van der Waals surface area contributed by atoms with Crippen LogP contribution in [0.1, 0.15) is 0 Å². The van der Waals surface area contributed by atoms with E-state index in [1.807, 2.05) is 24.3 Å². The van der Waals surface area contributed by atoms with Gasteiger partial charge in [0.15, 0.2) is 4.80 Å². The van der Waals surface area contributed by atoms with E-state index in [1.165, 1.54) is 3.57 Å². The van der Waals surface area contributed by atoms with E-state index < -0.39 is 0 Å². The number of ether oxygens (including phenoxy) is 1. The molecule has 0 aliphatic rings. The van der Waals surface area contributed by atoms with Crippen molar-refractivity contribution in [2.45, 2.75) is 6.54 Å². The minimum absolute atomic E-state index is 0.0733. The molecule has 24 heavy (non-hydrogen) atoms. The van der Waals surface area contributed by atoms with Crippen LogP contribution in [0.4, 0.5) is 5.69 Å². The molecule has 0 bridgehead atoms. The lowest BCUT2D eigenvalue weighted by molar-refractivity contribution is 0.275. The highest BCUT2D eigenvalue weighted by Gasteiger charge is 2.08. The standard InChI is InChI=1S/C18H17IN2O2S/c1-23-16-8-6-15(7-9-16)20-18-21(10-11-22)17(12-24-18)13-2-4-14(19)5-3-13/h2-9,12,22H,10-11H2,1H3. The predicted molar refractivity (Wildman–Crippen MR) is 106 cm³/mol. The molecule has 0 unspecified atom stereocenters. The van der Waals surface area contributed by atoms with E-state index in [4.69, 9.17) is 9.73 Å². The van der Waals surface area contributed by atoms with Gasteiger partial charge in [0.2, 0.25) is 0 Å². The van der Waals surface area contributed by atoms with Crippen LogP contribution in [0.2, 0.25) is 0 Å². The SMILES string of the molecule is COc1ccc(N=c2scc(-c3ccc(I)cc3)n2CCO)cc1. The van der Waals surface area contributed by atoms with Crippen molar-refractivity contribution in [1.29, 1.82) is 0 Å². The van der Waals surface area contributed by atoms with Crippen molar-refractivity contribution in [2.75, 3.05) is 13.7 Å². The molecule has 0 atom stereocenters. The monoisotopic (exact) mass is 452 g/mol. The molecule has 0 amide bonds. The van der Waals surface area contributed by atoms with Crippen molar-refractivity contribution < 1.29 is 9.84 Å². The molecule has 3 rings (SSSR count). The summed E-state index contributed by atoms with van der Waals surface area (Å²) in [5, 5.41) is 11.5. The van der Waals surface area contributed by atoms with Crippen LogP contribution in [-0.4, -0.2) is 23.4 Å². The Labute approximate surface area is 158 Å². The number of hydrogen-bond acceptors (Lipinski definition) is 4. The van der Waals surface area contributed by atoms with Gasteiger partial charge in [-0.3, -0.25) is 0 Å². The largest absolute Gasteiger partial charge is 0.497 e. The first kappa shape index (κ1) is 17.2. The Morgan fingerprint density at radius 3 is 2.46 bits per heavy atom. The van der Waals surface area contributed by atoms with Crippen LogP contribution in [0.5, 0.6) is 5.75 Å². The quantitative estimate of drug-likeness (QED) is 0.594. The van der Waals surface area contributed by atoms with Gasteiger partial charge in [-0.25, -0.2) is 4.99 Å². The molecule has 1 heterocycles. The molecule has 0 fully saturated rings. The van der Waals surface area contributed by atoms with Crippen LogP contribution in [0.3, 0.4) is 0 Å². The number of hydrogen-bond donors (Lipinski definition) is 1. The van der Waals surface area contributed by atoms with Gasteiger partial charge in [-0.15, -0.1) is 11.3 Å². The third kappa shape index (κ3) is 3.88. The van der Waals surface area contributed by atoms with Gasteiger partial charge >= 0.3 is 0 Å². The van der Waals surface area contributed by atoms with Crippen molar-refractivity contribution in [3.8, 4) is 17.0 Å². The molecule has 0 aliphatic carbocycles. The molecular weight excluding hydrogens is 435 g/mol. The Hall–Kier alpha value is -1.64. The number of nitrogens with zero attached hydrogens (tertiary/aromatic N) is 2. The molecular formula is C18H17IN2O2S. The summed E-state index contributed by atoms with van der Waals surface area (Å²) in [5.41, 5.74) is 3.05. The molecule has 2 aromatic carbocycles. The van der Waals surface area contributed by atoms with Crippen LogP contribution in [0.25, 0.3) is 11.3 Å². The second-order valence-electron chi connectivity index (χ2n) is 5.10. The fourth-order valence-corrected chi connectivity index (χ4v) is 3.67. The zero-order valence-corrected chi connectivity index (χ0v) is 16.1. The van der Waals surface area contributed by atoms with Gasteiger partial charge in [-0.1, -0.05) is 12.1 Å². The number of halogens is 1. The summed E-state index contributed by atoms with van der Waals surface area (Å²) in [6, 6.07) is 16.0. The predicted octanol–water partition coefficient (Wildman–Crippen LogP) is 4.05. The number of thiazole rings is 1. The van der Waals surface area contributed by atoms with Crippen LogP contribution in [-0.2, 0) is 6.54 Å². The number of methoxy groups -OCH3 is 1. The third-order valence-electron chi connectivity index (χ3n) is 3.56. The average molecular weight is 452 g/mol. The second-order valence-corrected chi connectivity index (χ2v) is 7.18. The van der Waals surface area contributed by atoms with E-state index >= 15 is 0 Å². The molecule has 0 saturated carbocycles. The first-order valence-corrected chi connectivity index (χ1v) is 9.41. The highest BCUT2D eigenvalue weighted by Crippen LogP contribution is 2.22. The Morgan fingerprint density at radius 1 is 1.12 bits per heavy atom. The van der Waals surface area contributed by atoms with Crippen LogP contribution >= 0.6 is 33.9 Å². The molecule has 0 spiro atoms. The minimum Gasteiger partial charge on any atom is -0.497 e. The number of rotatable bonds is 5. The van der Waals surface area contributed by atoms with E-state index in [9.17, 15) is 5.11 Å². The van der Waals surface area contributed by atoms with Gasteiger partial charge in [-0.2, -0.15) is 0 Å². The Bertz CT molecular complexity index is 867. The molecule has 0 radical (unpaired) electrons. The van der Waals surface area contributed by atoms with E-state index in [-0.39, 0.29) is 6.61 Å². The van der Waals surface area contributed by atoms with E-state index in [0.29, 0.717) is 6.54 Å². The first-order valence-electron chi connectivity index (χ1n) is 7.45. The molecule has 3 aromatic rings. The van der Waals surface area contributed by atoms with E-state index in [0.717, 1.165) is 27.5 Å². The molecule has 1 N–H and O–H groups in total. The summed E-state index contributed by atoms with van der Waals surface area (Å²) < 4.78 is 8.43. The Morgan fingerprint density at radius 2 is 1.83 bits per heavy atom. The maximum Gasteiger partial charge on any atom is 0.190 e. The molecule has 1 aromatic heterocycles. The van der Waals surface area contributed by atoms with Crippen LogP contribution in [0, 0.1) is 3.57 Å². The maximum absolute atomic E-state index is 9.44. The van der Waals surface area contributed by atoms with Crippen molar-refractivity contribution in [3.05, 3.63) is 62.3 Å². The van der Waals surface area contributed by atoms with Gasteiger partial charge in [0.25, 0.3) is 0 Å². The van der Waals surface area contributed by atoms with Gasteiger partial charge in [0.05, 0.1) is 25.1 Å². The summed E-state index contributed by atoms with van der Waals surface area (Å²) in [6.07, 6.45) is 0. The summed E-state index contributed by atoms with van der Waals surface area (Å²) in [7, 11) is 1.65. The average Bonchev–Trinajstić information content (AvgIpc) is 2.99. The zero-order valence-electron chi connectivity index (χ0n) is 13.1. The van der Waals surface area contributed by atoms with Crippen LogP contribution < -0.4 is 9.54 Å². The maximum atomic E-state index is 9.44. The fraction of sp³-hybridized carbons (Fsp3) is 0.167. The van der Waals surface area contributed by atoms with Crippen molar-refractivity contribution >= 4 is 39.6 Å². The normalized spacial score (nSPS) is 11.7. The minimum atomic E-state index is 0.0733. The van der Waals surface area contributed by atoms with Crippen molar-refractivity contribution in [2.24, 2.45) is 4.99 Å². The molecule has 0 saturated heterocycles. The Kier molecular flexibility index (Phi) is 5.70. The van der Waals surface area contributed by atoms with Gasteiger partial charge < -0.3 is 14.4 Å². The smallest absolute Gasteiger partial charge is 0.190 e. The number of aromatic nitrogens is 1. The molecule has 124 valence electrons. The van der Waals surface area contributed by atoms with Gasteiger partial charge in [-0.05, 0) is 64.6 Å². The van der Waals surface area contributed by atoms with Gasteiger partial charge in [0.1, 0.15) is 5.75 Å². The summed E-state index contributed by atoms with van der Waals surface area (Å²) in [6.45, 7) is 0.587. The first-order chi connectivity index (χ1) is 11.7. The van der Waals surface area contributed by atoms with E-state index in [2.05, 4.69) is 56.8 Å². The molecule has 4 nitrogen and oxygen atoms in total. The van der Waals surface area contributed by atoms with Gasteiger partial charge in [0, 0.05) is 15.5 Å². The second kappa shape index (κ2) is 7.96. The fourth-order valence-electron chi connectivity index (χ4n) is 2.35. The van der Waals surface area contributed by atoms with E-state index in [1.54, 1.807) is 18.4 Å². The molecule has 6 heteroatoms. The molecule has 0 aliphatic heterocycles. The number of benzene rings is 2. The number of aliphatic hydroxyl groups excluding tert-OH is 1. The topological polar surface area (TPSA) is 46.8 Å². The van der Waals surface area contributed by atoms with Crippen molar-refractivity contribution in [1.82, 2.24) is 4.57 Å². The lowest BCUT2D eigenvalue weighted by atomic mass is 10.2. The number of aliphatic hydroxyl groups is 1. The third-order valence-corrected chi connectivity index (χ3v) is 5.14. The summed E-state index contributed by atoms with van der Waals surface area (Å²) in [4.78, 5) is 5.58. The van der Waals surface area contributed by atoms with Crippen molar-refractivity contribution in [3.63, 3.8) is 0 Å². The lowest BCUT2D eigenvalue weighted by Gasteiger charge is -2.07. The summed E-state index contributed by atoms with van der Waals surface area (Å²) >= 11 is 3.87. The summed E-state index contributed by atoms with van der Waals surface area (Å²) in [5.74, 6) is 0.808. The zero-order chi connectivity index (χ0) is 16.9. The lowest BCUT2D eigenvalue weighted by Crippen LogP contribution is -2.17. The van der Waals surface area contributed by atoms with Crippen LogP contribution in [0.15, 0.2) is 58.9 Å². The highest BCUT2D eigenvalue weighted by atomic mass is 127. The Balaban J connectivity index is 2.04. The highest BCUT2D eigenvalue weighted by molar-refractivity contribution is 14.1.